The third-order valence-electron chi connectivity index (χ3n) is 11.9. The molecule has 0 spiro atoms. The first-order chi connectivity index (χ1) is 30.1. The van der Waals surface area contributed by atoms with Crippen LogP contribution in [-0.4, -0.2) is 37.8 Å². The number of rotatable bonds is 9. The van der Waals surface area contributed by atoms with Crippen molar-refractivity contribution in [3.05, 3.63) is 196 Å². The summed E-state index contributed by atoms with van der Waals surface area (Å²) in [5.74, 6) is 0.179. The Morgan fingerprint density at radius 1 is 0.794 bits per heavy atom. The molecule has 1 heterocycles. The molecule has 2 N–H and O–H groups in total. The van der Waals surface area contributed by atoms with Crippen molar-refractivity contribution in [2.75, 3.05) is 18.6 Å². The van der Waals surface area contributed by atoms with Crippen molar-refractivity contribution in [2.45, 2.75) is 110 Å². The van der Waals surface area contributed by atoms with Gasteiger partial charge in [0.2, 0.25) is 0 Å². The van der Waals surface area contributed by atoms with E-state index < -0.39 is 5.91 Å². The van der Waals surface area contributed by atoms with E-state index >= 15 is 0 Å². The van der Waals surface area contributed by atoms with Crippen molar-refractivity contribution >= 4 is 23.8 Å². The zero-order valence-corrected chi connectivity index (χ0v) is 41.5. The molecule has 1 aliphatic heterocycles. The molecule has 3 fully saturated rings. The molecular weight excluding hydrogens is 941 g/mol. The summed E-state index contributed by atoms with van der Waals surface area (Å²) in [6.45, 7) is 15.0. The maximum atomic E-state index is 11.8. The van der Waals surface area contributed by atoms with Crippen molar-refractivity contribution in [3.8, 4) is 0 Å². The minimum absolute atomic E-state index is 0. The quantitative estimate of drug-likeness (QED) is 0.0903. The molecule has 2 saturated carbocycles. The van der Waals surface area contributed by atoms with Crippen LogP contribution < -0.4 is 10.2 Å². The number of hydrogen-bond acceptors (Lipinski definition) is 3. The van der Waals surface area contributed by atoms with Crippen LogP contribution in [0.15, 0.2) is 126 Å². The molecule has 8 rings (SSSR count). The number of guanidine groups is 1. The van der Waals surface area contributed by atoms with Gasteiger partial charge in [0.15, 0.2) is 0 Å². The van der Waals surface area contributed by atoms with E-state index in [1.807, 2.05) is 108 Å². The molecule has 0 bridgehead atoms. The molecule has 8 heteroatoms. The number of nitrogens with zero attached hydrogens (tertiary/aromatic N) is 3. The third kappa shape index (κ3) is 15.4. The van der Waals surface area contributed by atoms with Gasteiger partial charge in [-0.05, 0) is 73.7 Å². The van der Waals surface area contributed by atoms with E-state index in [1.165, 1.54) is 86.5 Å². The number of para-hydroxylation sites is 1. The molecular formula is C55H66HfN5O2-5. The van der Waals surface area contributed by atoms with E-state index in [-0.39, 0.29) is 43.8 Å². The molecule has 63 heavy (non-hydrogen) atoms. The minimum Gasteiger partial charge on any atom is -0.664 e. The van der Waals surface area contributed by atoms with Crippen LogP contribution in [0.2, 0.25) is 0 Å². The zero-order chi connectivity index (χ0) is 44.3. The van der Waals surface area contributed by atoms with E-state index in [0.717, 1.165) is 27.9 Å². The predicted octanol–water partition coefficient (Wildman–Crippen LogP) is 13.4. The molecule has 2 aliphatic carbocycles. The number of methoxy groups -OCH3 is 1. The number of benzene rings is 5. The SMILES string of the molecule is COCc1ccccc1N1C(=[N-])NCC1c1c(C)cc(C)cc1C.[CH2-]c1ccccc1.[CH2-]c1ccccc1.[Hf].[NH-]C(=O)c1ccccc1C([C-]=NC1CCCCC1)C1CCCCC1. The summed E-state index contributed by atoms with van der Waals surface area (Å²) in [6.07, 6.45) is 15.8. The Balaban J connectivity index is 0.000000209. The number of anilines is 1. The summed E-state index contributed by atoms with van der Waals surface area (Å²) in [7, 11) is 1.69. The number of nitrogens with one attached hydrogen (secondary N) is 2. The van der Waals surface area contributed by atoms with Crippen molar-refractivity contribution in [2.24, 2.45) is 10.9 Å². The third-order valence-corrected chi connectivity index (χ3v) is 11.9. The monoisotopic (exact) mass is 1010 g/mol. The molecule has 332 valence electrons. The van der Waals surface area contributed by atoms with Crippen LogP contribution in [0.4, 0.5) is 5.69 Å². The summed E-state index contributed by atoms with van der Waals surface area (Å²) in [5, 5.41) is 13.6. The topological polar surface area (TPSA) is 100 Å². The van der Waals surface area contributed by atoms with Gasteiger partial charge in [-0.3, -0.25) is 0 Å². The molecule has 0 aromatic heterocycles. The van der Waals surface area contributed by atoms with Crippen LogP contribution in [0.25, 0.3) is 11.1 Å². The second-order valence-electron chi connectivity index (χ2n) is 16.8. The van der Waals surface area contributed by atoms with E-state index in [0.29, 0.717) is 30.7 Å². The number of carbonyl (C=O) groups is 1. The number of carbonyl (C=O) groups excluding carboxylic acids is 1. The minimum atomic E-state index is -0.592. The van der Waals surface area contributed by atoms with Crippen molar-refractivity contribution in [1.82, 2.24) is 5.32 Å². The van der Waals surface area contributed by atoms with Gasteiger partial charge >= 0.3 is 0 Å². The molecule has 3 aliphatic rings. The van der Waals surface area contributed by atoms with Crippen LogP contribution in [0.1, 0.15) is 131 Å². The summed E-state index contributed by atoms with van der Waals surface area (Å²) < 4.78 is 5.33. The largest absolute Gasteiger partial charge is 0.664 e. The number of ether oxygens (including phenoxy) is 1. The fourth-order valence-electron chi connectivity index (χ4n) is 8.99. The van der Waals surface area contributed by atoms with E-state index in [1.54, 1.807) is 13.2 Å². The molecule has 2 unspecified atom stereocenters. The van der Waals surface area contributed by atoms with Crippen LogP contribution in [0.3, 0.4) is 0 Å². The van der Waals surface area contributed by atoms with E-state index in [9.17, 15) is 10.2 Å². The van der Waals surface area contributed by atoms with Gasteiger partial charge in [-0.2, -0.15) is 49.2 Å². The van der Waals surface area contributed by atoms with Gasteiger partial charge in [-0.25, -0.2) is 0 Å². The molecule has 5 aromatic carbocycles. The first-order valence-corrected chi connectivity index (χ1v) is 22.3. The maximum absolute atomic E-state index is 11.8. The van der Waals surface area contributed by atoms with E-state index in [4.69, 9.17) is 15.5 Å². The number of hydrogen-bond donors (Lipinski definition) is 1. The molecule has 1 saturated heterocycles. The van der Waals surface area contributed by atoms with Gasteiger partial charge in [0.1, 0.15) is 0 Å². The van der Waals surface area contributed by atoms with Gasteiger partial charge in [0.05, 0.1) is 12.5 Å². The smallest absolute Gasteiger partial charge is 0.0798 e. The summed E-state index contributed by atoms with van der Waals surface area (Å²) >= 11 is 0. The molecule has 1 amide bonds. The number of aryl methyl sites for hydroxylation is 3. The predicted molar refractivity (Wildman–Crippen MR) is 260 cm³/mol. The first kappa shape index (κ1) is 50.7. The summed E-state index contributed by atoms with van der Waals surface area (Å²) in [4.78, 5) is 18.6. The van der Waals surface area contributed by atoms with Crippen molar-refractivity contribution in [3.63, 3.8) is 0 Å². The zero-order valence-electron chi connectivity index (χ0n) is 37.9. The normalized spacial score (nSPS) is 16.8. The fourth-order valence-corrected chi connectivity index (χ4v) is 8.99. The summed E-state index contributed by atoms with van der Waals surface area (Å²) in [6, 6.07) is 40.3. The van der Waals surface area contributed by atoms with Crippen LogP contribution in [0.5, 0.6) is 0 Å². The maximum Gasteiger partial charge on any atom is 0.0798 e. The average Bonchev–Trinajstić information content (AvgIpc) is 3.65. The summed E-state index contributed by atoms with van der Waals surface area (Å²) in [5.41, 5.74) is 18.3. The average molecular weight is 1010 g/mol. The van der Waals surface area contributed by atoms with Gasteiger partial charge in [0, 0.05) is 51.0 Å². The number of aliphatic imine (C=N–C) groups is 1. The molecule has 7 nitrogen and oxygen atoms in total. The van der Waals surface area contributed by atoms with Crippen LogP contribution in [-0.2, 0) is 37.2 Å². The van der Waals surface area contributed by atoms with Gasteiger partial charge < -0.3 is 42.1 Å². The Bertz CT molecular complexity index is 2100. The van der Waals surface area contributed by atoms with Crippen molar-refractivity contribution < 1.29 is 35.4 Å². The fraction of sp³-hybridized carbons (Fsp3) is 0.364. The first-order valence-electron chi connectivity index (χ1n) is 22.3. The standard InChI is InChI=1S/C21H29N2O.C20H24N3O.2C7H7.Hf/c22-21(24)19-14-8-7-13-18(19)20(16-9-3-1-4-10-16)15-23-17-11-5-2-6-12-17;1-13-9-14(2)19(15(3)10-13)18-11-22-20(21)23(18)17-8-6-5-7-16(17)12-24-4;2*1-7-5-3-2-4-6-7;/h7-8,13-14,16-17,20H,1-6,9-12H2,(H2,22,24);5-10,18H,11-12H2,1-4H3,(H-,21,22);2*2-6H,1H2;/q4*-1;/p-1. The van der Waals surface area contributed by atoms with Crippen molar-refractivity contribution in [1.29, 1.82) is 0 Å². The molecule has 2 atom stereocenters. The second-order valence-corrected chi connectivity index (χ2v) is 16.8. The molecule has 0 radical (unpaired) electrons. The Morgan fingerprint density at radius 3 is 1.86 bits per heavy atom. The van der Waals surface area contributed by atoms with E-state index in [2.05, 4.69) is 58.3 Å². The van der Waals surface area contributed by atoms with Gasteiger partial charge in [-0.1, -0.05) is 141 Å². The Morgan fingerprint density at radius 2 is 1.32 bits per heavy atom. The Kier molecular flexibility index (Phi) is 21.5. The molecule has 5 aromatic rings. The van der Waals surface area contributed by atoms with Gasteiger partial charge in [-0.15, -0.1) is 30.2 Å². The Labute approximate surface area is 397 Å². The van der Waals surface area contributed by atoms with Gasteiger partial charge in [0.25, 0.3) is 0 Å². The van der Waals surface area contributed by atoms with Crippen LogP contribution >= 0.6 is 0 Å². The van der Waals surface area contributed by atoms with Crippen LogP contribution in [0, 0.1) is 40.5 Å². The second kappa shape index (κ2) is 26.6. The number of amides is 1. The Hall–Kier alpha value is -4.92.